The zero-order chi connectivity index (χ0) is 13.7. The van der Waals surface area contributed by atoms with Gasteiger partial charge in [0.2, 0.25) is 0 Å². The molecule has 19 heavy (non-hydrogen) atoms. The molecule has 0 fully saturated rings. The molecule has 0 unspecified atom stereocenters. The Kier molecular flexibility index (Phi) is 4.18. The largest absolute Gasteiger partial charge is 0.493 e. The fourth-order valence-electron chi connectivity index (χ4n) is 1.62. The van der Waals surface area contributed by atoms with Crippen LogP contribution < -0.4 is 4.74 Å². The van der Waals surface area contributed by atoms with Crippen LogP contribution in [-0.2, 0) is 12.8 Å². The number of ether oxygens (including phenoxy) is 1. The molecular formula is C14H15NO4. The molecule has 1 N–H and O–H groups in total. The number of hydrogen-bond donors (Lipinski definition) is 1. The molecule has 0 radical (unpaired) electrons. The van der Waals surface area contributed by atoms with Crippen LogP contribution in [0.1, 0.15) is 28.7 Å². The van der Waals surface area contributed by atoms with Gasteiger partial charge in [0, 0.05) is 12.5 Å². The molecule has 0 spiro atoms. The minimum atomic E-state index is -1.09. The fraction of sp³-hybridized carbons (Fsp3) is 0.286. The third-order valence-electron chi connectivity index (χ3n) is 2.73. The van der Waals surface area contributed by atoms with Gasteiger partial charge in [-0.05, 0) is 24.1 Å². The molecule has 0 amide bonds. The number of nitrogens with zero attached hydrogens (tertiary/aromatic N) is 1. The van der Waals surface area contributed by atoms with Crippen LogP contribution in [0.3, 0.4) is 0 Å². The monoisotopic (exact) mass is 261 g/mol. The van der Waals surface area contributed by atoms with Gasteiger partial charge in [-0.15, -0.1) is 0 Å². The molecule has 100 valence electrons. The van der Waals surface area contributed by atoms with Gasteiger partial charge in [-0.3, -0.25) is 0 Å². The third-order valence-corrected chi connectivity index (χ3v) is 2.73. The van der Waals surface area contributed by atoms with Gasteiger partial charge in [0.25, 0.3) is 0 Å². The van der Waals surface area contributed by atoms with E-state index >= 15 is 0 Å². The summed E-state index contributed by atoms with van der Waals surface area (Å²) in [6.07, 6.45) is 1.48. The van der Waals surface area contributed by atoms with Crippen LogP contribution in [0.2, 0.25) is 0 Å². The first-order valence-electron chi connectivity index (χ1n) is 6.09. The molecule has 0 saturated heterocycles. The Hall–Kier alpha value is -2.30. The number of hydrogen-bond acceptors (Lipinski definition) is 4. The van der Waals surface area contributed by atoms with E-state index in [-0.39, 0.29) is 5.69 Å². The summed E-state index contributed by atoms with van der Waals surface area (Å²) in [5, 5.41) is 12.1. The Labute approximate surface area is 110 Å². The summed E-state index contributed by atoms with van der Waals surface area (Å²) in [6, 6.07) is 9.29. The van der Waals surface area contributed by atoms with Crippen LogP contribution in [0.15, 0.2) is 34.9 Å². The lowest BCUT2D eigenvalue weighted by Crippen LogP contribution is -2.00. The minimum absolute atomic E-state index is 0.0812. The maximum Gasteiger partial charge on any atom is 0.358 e. The lowest BCUT2D eigenvalue weighted by atomic mass is 10.2. The molecule has 1 heterocycles. The predicted octanol–water partition coefficient (Wildman–Crippen LogP) is 2.56. The second-order valence-corrected chi connectivity index (χ2v) is 4.08. The highest BCUT2D eigenvalue weighted by Crippen LogP contribution is 2.13. The highest BCUT2D eigenvalue weighted by molar-refractivity contribution is 5.85. The number of carbonyl (C=O) groups is 1. The summed E-state index contributed by atoms with van der Waals surface area (Å²) in [5.41, 5.74) is 1.18. The van der Waals surface area contributed by atoms with Gasteiger partial charge >= 0.3 is 5.97 Å². The molecule has 0 atom stereocenters. The molecule has 0 aliphatic carbocycles. The number of aryl methyl sites for hydroxylation is 1. The summed E-state index contributed by atoms with van der Waals surface area (Å²) >= 11 is 0. The summed E-state index contributed by atoms with van der Waals surface area (Å²) in [7, 11) is 0. The molecule has 2 aromatic rings. The first-order chi connectivity index (χ1) is 9.19. The number of aromatic nitrogens is 1. The standard InChI is InChI=1S/C14H15NO4/c1-2-10-3-5-11(6-4-10)18-8-7-12-9-13(14(16)17)15-19-12/h3-6,9H,2,7-8H2,1H3,(H,16,17). The Bertz CT molecular complexity index is 545. The molecule has 0 aliphatic heterocycles. The molecule has 1 aromatic carbocycles. The van der Waals surface area contributed by atoms with Crippen LogP contribution in [0.4, 0.5) is 0 Å². The van der Waals surface area contributed by atoms with Crippen molar-refractivity contribution in [1.29, 1.82) is 0 Å². The van der Waals surface area contributed by atoms with Crippen LogP contribution in [0.5, 0.6) is 5.75 Å². The number of aromatic carboxylic acids is 1. The van der Waals surface area contributed by atoms with Crippen molar-refractivity contribution in [3.63, 3.8) is 0 Å². The molecule has 0 aliphatic rings. The van der Waals surface area contributed by atoms with Crippen molar-refractivity contribution in [3.8, 4) is 5.75 Å². The Morgan fingerprint density at radius 3 is 2.68 bits per heavy atom. The summed E-state index contributed by atoms with van der Waals surface area (Å²) in [6.45, 7) is 2.51. The quantitative estimate of drug-likeness (QED) is 0.865. The van der Waals surface area contributed by atoms with Gasteiger partial charge < -0.3 is 14.4 Å². The number of benzene rings is 1. The van der Waals surface area contributed by atoms with E-state index in [9.17, 15) is 4.79 Å². The smallest absolute Gasteiger partial charge is 0.358 e. The SMILES string of the molecule is CCc1ccc(OCCc2cc(C(=O)O)no2)cc1. The zero-order valence-corrected chi connectivity index (χ0v) is 10.6. The van der Waals surface area contributed by atoms with Crippen molar-refractivity contribution >= 4 is 5.97 Å². The van der Waals surface area contributed by atoms with Crippen LogP contribution in [0.25, 0.3) is 0 Å². The van der Waals surface area contributed by atoms with Crippen molar-refractivity contribution in [3.05, 3.63) is 47.3 Å². The van der Waals surface area contributed by atoms with Crippen LogP contribution >= 0.6 is 0 Å². The molecule has 2 rings (SSSR count). The van der Waals surface area contributed by atoms with Crippen LogP contribution in [-0.4, -0.2) is 22.8 Å². The third kappa shape index (κ3) is 3.58. The lowest BCUT2D eigenvalue weighted by molar-refractivity contribution is 0.0685. The van der Waals surface area contributed by atoms with E-state index in [1.165, 1.54) is 11.6 Å². The van der Waals surface area contributed by atoms with E-state index < -0.39 is 5.97 Å². The van der Waals surface area contributed by atoms with Gasteiger partial charge in [-0.25, -0.2) is 4.79 Å². The maximum atomic E-state index is 10.6. The predicted molar refractivity (Wildman–Crippen MR) is 68.5 cm³/mol. The van der Waals surface area contributed by atoms with E-state index in [2.05, 4.69) is 12.1 Å². The number of rotatable bonds is 6. The maximum absolute atomic E-state index is 10.6. The Balaban J connectivity index is 1.83. The Morgan fingerprint density at radius 2 is 2.11 bits per heavy atom. The van der Waals surface area contributed by atoms with E-state index in [1.807, 2.05) is 24.3 Å². The zero-order valence-electron chi connectivity index (χ0n) is 10.6. The summed E-state index contributed by atoms with van der Waals surface area (Å²) in [4.78, 5) is 10.6. The topological polar surface area (TPSA) is 72.6 Å². The van der Waals surface area contributed by atoms with Gasteiger partial charge in [-0.2, -0.15) is 0 Å². The van der Waals surface area contributed by atoms with Gasteiger partial charge in [-0.1, -0.05) is 24.2 Å². The molecule has 5 heteroatoms. The summed E-state index contributed by atoms with van der Waals surface area (Å²) < 4.78 is 10.4. The summed E-state index contributed by atoms with van der Waals surface area (Å²) in [5.74, 6) is 0.198. The van der Waals surface area contributed by atoms with Crippen LogP contribution in [0, 0.1) is 0 Å². The number of carboxylic acids is 1. The molecule has 0 saturated carbocycles. The van der Waals surface area contributed by atoms with Crippen molar-refractivity contribution < 1.29 is 19.2 Å². The lowest BCUT2D eigenvalue weighted by Gasteiger charge is -2.05. The van der Waals surface area contributed by atoms with E-state index in [0.29, 0.717) is 18.8 Å². The molecule has 5 nitrogen and oxygen atoms in total. The van der Waals surface area contributed by atoms with Gasteiger partial charge in [0.05, 0.1) is 6.61 Å². The van der Waals surface area contributed by atoms with E-state index in [1.54, 1.807) is 0 Å². The second-order valence-electron chi connectivity index (χ2n) is 4.08. The highest BCUT2D eigenvalue weighted by atomic mass is 16.5. The average Bonchev–Trinajstić information content (AvgIpc) is 2.89. The first kappa shape index (κ1) is 13.1. The fourth-order valence-corrected chi connectivity index (χ4v) is 1.62. The van der Waals surface area contributed by atoms with Crippen molar-refractivity contribution in [2.24, 2.45) is 0 Å². The minimum Gasteiger partial charge on any atom is -0.493 e. The van der Waals surface area contributed by atoms with Gasteiger partial charge in [0.15, 0.2) is 5.69 Å². The van der Waals surface area contributed by atoms with Gasteiger partial charge in [0.1, 0.15) is 11.5 Å². The molecule has 1 aromatic heterocycles. The normalized spacial score (nSPS) is 10.4. The average molecular weight is 261 g/mol. The second kappa shape index (κ2) is 6.04. The molecule has 0 bridgehead atoms. The van der Waals surface area contributed by atoms with E-state index in [4.69, 9.17) is 14.4 Å². The Morgan fingerprint density at radius 1 is 1.37 bits per heavy atom. The number of carboxylic acid groups (broad SMARTS) is 1. The molecular weight excluding hydrogens is 246 g/mol. The van der Waals surface area contributed by atoms with Crippen molar-refractivity contribution in [2.45, 2.75) is 19.8 Å². The van der Waals surface area contributed by atoms with Crippen molar-refractivity contribution in [1.82, 2.24) is 5.16 Å². The highest BCUT2D eigenvalue weighted by Gasteiger charge is 2.10. The van der Waals surface area contributed by atoms with Crippen molar-refractivity contribution in [2.75, 3.05) is 6.61 Å². The van der Waals surface area contributed by atoms with E-state index in [0.717, 1.165) is 12.2 Å². The first-order valence-corrected chi connectivity index (χ1v) is 6.09.